The van der Waals surface area contributed by atoms with Crippen LogP contribution in [0.3, 0.4) is 0 Å². The number of nitrogens with zero attached hydrogens (tertiary/aromatic N) is 4. The van der Waals surface area contributed by atoms with Crippen LogP contribution in [-0.2, 0) is 6.54 Å². The number of ether oxygens (including phenoxy) is 1. The van der Waals surface area contributed by atoms with E-state index in [0.29, 0.717) is 24.8 Å². The molecule has 0 aliphatic rings. The molecule has 0 radical (unpaired) electrons. The third-order valence-corrected chi connectivity index (χ3v) is 4.16. The number of pyridine rings is 1. The molecule has 0 bridgehead atoms. The molecule has 9 heteroatoms. The standard InChI is InChI=1S/C20H25FN6O.HI/c1-3-16(28-17-9-7-8-15(21)12-17)13-23-20(22-4-2)24-14-19-26-25-18-10-5-6-11-27(18)19;/h5-12,16H,3-4,13-14H2,1-2H3,(H2,22,23,24);1H. The number of halogens is 2. The minimum absolute atomic E-state index is 0. The zero-order valence-electron chi connectivity index (χ0n) is 16.5. The van der Waals surface area contributed by atoms with Crippen molar-refractivity contribution >= 4 is 35.6 Å². The van der Waals surface area contributed by atoms with E-state index < -0.39 is 0 Å². The minimum atomic E-state index is -0.309. The number of aliphatic imine (C=N–C) groups is 1. The maximum Gasteiger partial charge on any atom is 0.191 e. The lowest BCUT2D eigenvalue weighted by Gasteiger charge is -2.20. The van der Waals surface area contributed by atoms with E-state index in [2.05, 4.69) is 25.8 Å². The van der Waals surface area contributed by atoms with E-state index in [4.69, 9.17) is 4.74 Å². The molecule has 2 N–H and O–H groups in total. The molecule has 1 atom stereocenters. The highest BCUT2D eigenvalue weighted by atomic mass is 127. The van der Waals surface area contributed by atoms with E-state index in [9.17, 15) is 4.39 Å². The van der Waals surface area contributed by atoms with E-state index in [0.717, 1.165) is 24.4 Å². The maximum absolute atomic E-state index is 13.3. The van der Waals surface area contributed by atoms with Crippen LogP contribution in [0.1, 0.15) is 26.1 Å². The summed E-state index contributed by atoms with van der Waals surface area (Å²) in [5, 5.41) is 14.8. The SMILES string of the molecule is CCNC(=NCc1nnc2ccccn12)NCC(CC)Oc1cccc(F)c1.I. The Morgan fingerprint density at radius 1 is 1.17 bits per heavy atom. The van der Waals surface area contributed by atoms with Gasteiger partial charge in [0.1, 0.15) is 24.2 Å². The van der Waals surface area contributed by atoms with Crippen molar-refractivity contribution in [2.24, 2.45) is 4.99 Å². The Kier molecular flexibility index (Phi) is 9.10. The number of rotatable bonds is 8. The smallest absolute Gasteiger partial charge is 0.191 e. The van der Waals surface area contributed by atoms with Gasteiger partial charge in [0.05, 0.1) is 6.54 Å². The maximum atomic E-state index is 13.3. The molecular weight excluding hydrogens is 486 g/mol. The van der Waals surface area contributed by atoms with E-state index in [1.54, 1.807) is 12.1 Å². The number of hydrogen-bond donors (Lipinski definition) is 2. The van der Waals surface area contributed by atoms with Crippen LogP contribution in [0.15, 0.2) is 53.7 Å². The molecule has 2 aromatic heterocycles. The molecule has 0 spiro atoms. The van der Waals surface area contributed by atoms with Crippen LogP contribution in [0.5, 0.6) is 5.75 Å². The second-order valence-electron chi connectivity index (χ2n) is 6.23. The van der Waals surface area contributed by atoms with Crippen LogP contribution in [-0.4, -0.2) is 39.8 Å². The Labute approximate surface area is 186 Å². The van der Waals surface area contributed by atoms with Crippen LogP contribution in [0.25, 0.3) is 5.65 Å². The lowest BCUT2D eigenvalue weighted by atomic mass is 10.2. The van der Waals surface area contributed by atoms with Crippen molar-refractivity contribution < 1.29 is 9.13 Å². The number of benzene rings is 1. The van der Waals surface area contributed by atoms with Gasteiger partial charge in [0.25, 0.3) is 0 Å². The van der Waals surface area contributed by atoms with Crippen molar-refractivity contribution in [1.82, 2.24) is 25.2 Å². The van der Waals surface area contributed by atoms with Crippen molar-refractivity contribution in [3.63, 3.8) is 0 Å². The number of fused-ring (bicyclic) bond motifs is 1. The molecule has 1 unspecified atom stereocenters. The van der Waals surface area contributed by atoms with Gasteiger partial charge in [-0.1, -0.05) is 19.1 Å². The van der Waals surface area contributed by atoms with Crippen LogP contribution in [0, 0.1) is 5.82 Å². The van der Waals surface area contributed by atoms with Gasteiger partial charge in [-0.2, -0.15) is 0 Å². The van der Waals surface area contributed by atoms with Crippen molar-refractivity contribution in [3.8, 4) is 5.75 Å². The highest BCUT2D eigenvalue weighted by Crippen LogP contribution is 2.14. The van der Waals surface area contributed by atoms with Crippen LogP contribution in [0.2, 0.25) is 0 Å². The van der Waals surface area contributed by atoms with Gasteiger partial charge in [-0.15, -0.1) is 34.2 Å². The lowest BCUT2D eigenvalue weighted by molar-refractivity contribution is 0.198. The molecule has 7 nitrogen and oxygen atoms in total. The highest BCUT2D eigenvalue weighted by molar-refractivity contribution is 14.0. The Balaban J connectivity index is 0.00000300. The second kappa shape index (κ2) is 11.5. The summed E-state index contributed by atoms with van der Waals surface area (Å²) in [5.74, 6) is 1.63. The predicted molar refractivity (Wildman–Crippen MR) is 122 cm³/mol. The molecule has 3 rings (SSSR count). The topological polar surface area (TPSA) is 75.8 Å². The van der Waals surface area contributed by atoms with Crippen LogP contribution in [0.4, 0.5) is 4.39 Å². The largest absolute Gasteiger partial charge is 0.489 e. The molecule has 3 aromatic rings. The van der Waals surface area contributed by atoms with E-state index in [-0.39, 0.29) is 35.9 Å². The summed E-state index contributed by atoms with van der Waals surface area (Å²) in [6.45, 7) is 5.69. The summed E-state index contributed by atoms with van der Waals surface area (Å²) in [6.07, 6.45) is 2.58. The summed E-state index contributed by atoms with van der Waals surface area (Å²) < 4.78 is 21.1. The Morgan fingerprint density at radius 3 is 2.79 bits per heavy atom. The zero-order chi connectivity index (χ0) is 19.8. The number of hydrogen-bond acceptors (Lipinski definition) is 4. The lowest BCUT2D eigenvalue weighted by Crippen LogP contribution is -2.42. The first kappa shape index (κ1) is 22.9. The monoisotopic (exact) mass is 512 g/mol. The first-order valence-corrected chi connectivity index (χ1v) is 9.42. The van der Waals surface area contributed by atoms with Crippen molar-refractivity contribution in [2.45, 2.75) is 32.9 Å². The molecule has 0 aliphatic carbocycles. The predicted octanol–water partition coefficient (Wildman–Crippen LogP) is 3.40. The molecule has 0 amide bonds. The van der Waals surface area contributed by atoms with Gasteiger partial charge in [0.2, 0.25) is 0 Å². The Morgan fingerprint density at radius 2 is 2.03 bits per heavy atom. The quantitative estimate of drug-likeness (QED) is 0.275. The fraction of sp³-hybridized carbons (Fsp3) is 0.350. The first-order chi connectivity index (χ1) is 13.7. The van der Waals surface area contributed by atoms with E-state index in [1.807, 2.05) is 42.6 Å². The van der Waals surface area contributed by atoms with Crippen molar-refractivity contribution in [3.05, 3.63) is 60.3 Å². The molecular formula is C20H26FIN6O. The molecule has 156 valence electrons. The fourth-order valence-corrected chi connectivity index (χ4v) is 2.70. The van der Waals surface area contributed by atoms with Crippen molar-refractivity contribution in [2.75, 3.05) is 13.1 Å². The molecule has 0 fully saturated rings. The minimum Gasteiger partial charge on any atom is -0.489 e. The molecule has 1 aromatic carbocycles. The van der Waals surface area contributed by atoms with Gasteiger partial charge in [-0.3, -0.25) is 4.40 Å². The average molecular weight is 512 g/mol. The average Bonchev–Trinajstić information content (AvgIpc) is 3.12. The summed E-state index contributed by atoms with van der Waals surface area (Å²) in [5.41, 5.74) is 0.792. The summed E-state index contributed by atoms with van der Waals surface area (Å²) >= 11 is 0. The third-order valence-electron chi connectivity index (χ3n) is 4.16. The summed E-state index contributed by atoms with van der Waals surface area (Å²) in [7, 11) is 0. The summed E-state index contributed by atoms with van der Waals surface area (Å²) in [4.78, 5) is 4.59. The molecule has 2 heterocycles. The first-order valence-electron chi connectivity index (χ1n) is 9.42. The Hall–Kier alpha value is -2.43. The molecule has 0 saturated carbocycles. The third kappa shape index (κ3) is 6.55. The Bertz CT molecular complexity index is 932. The second-order valence-corrected chi connectivity index (χ2v) is 6.23. The van der Waals surface area contributed by atoms with Gasteiger partial charge in [-0.05, 0) is 37.6 Å². The molecule has 29 heavy (non-hydrogen) atoms. The van der Waals surface area contributed by atoms with Crippen LogP contribution < -0.4 is 15.4 Å². The van der Waals surface area contributed by atoms with E-state index in [1.165, 1.54) is 12.1 Å². The van der Waals surface area contributed by atoms with Crippen LogP contribution >= 0.6 is 24.0 Å². The van der Waals surface area contributed by atoms with Gasteiger partial charge in [0, 0.05) is 18.8 Å². The van der Waals surface area contributed by atoms with Gasteiger partial charge >= 0.3 is 0 Å². The number of aromatic nitrogens is 3. The zero-order valence-corrected chi connectivity index (χ0v) is 18.8. The van der Waals surface area contributed by atoms with E-state index >= 15 is 0 Å². The normalized spacial score (nSPS) is 12.3. The number of nitrogens with one attached hydrogen (secondary N) is 2. The number of guanidine groups is 1. The van der Waals surface area contributed by atoms with Gasteiger partial charge in [0.15, 0.2) is 17.4 Å². The van der Waals surface area contributed by atoms with Gasteiger partial charge < -0.3 is 15.4 Å². The fourth-order valence-electron chi connectivity index (χ4n) is 2.70. The highest BCUT2D eigenvalue weighted by Gasteiger charge is 2.10. The molecule has 0 aliphatic heterocycles. The van der Waals surface area contributed by atoms with Crippen molar-refractivity contribution in [1.29, 1.82) is 0 Å². The summed E-state index contributed by atoms with van der Waals surface area (Å²) in [6, 6.07) is 11.9. The van der Waals surface area contributed by atoms with Gasteiger partial charge in [-0.25, -0.2) is 9.38 Å². The molecule has 0 saturated heterocycles.